The Hall–Kier alpha value is -2.35. The zero-order valence-electron chi connectivity index (χ0n) is 10.7. The maximum absolute atomic E-state index is 11.7. The number of furan rings is 1. The molecule has 1 heterocycles. The van der Waals surface area contributed by atoms with Crippen LogP contribution in [0.15, 0.2) is 59.0 Å². The average Bonchev–Trinajstić information content (AvgIpc) is 2.91. The smallest absolute Gasteiger partial charge is 0.197 e. The van der Waals surface area contributed by atoms with E-state index in [1.807, 2.05) is 61.5 Å². The number of carbonyl (C=O) groups excluding carboxylic acids is 1. The lowest BCUT2D eigenvalue weighted by molar-refractivity contribution is 0.0963. The van der Waals surface area contributed by atoms with Gasteiger partial charge in [0.2, 0.25) is 0 Å². The minimum Gasteiger partial charge on any atom is -0.452 e. The molecule has 0 aliphatic carbocycles. The summed E-state index contributed by atoms with van der Waals surface area (Å²) in [5.74, 6) is 0.482. The molecule has 3 aromatic rings. The molecule has 94 valence electrons. The standard InChI is InChI=1S/C17H14O2/c1-2-15(18)16-11-13-9-6-10-14(17(13)19-16)12-7-4-3-5-8-12/h3-11H,2H2,1H3. The highest BCUT2D eigenvalue weighted by Crippen LogP contribution is 2.31. The third kappa shape index (κ3) is 2.06. The maximum atomic E-state index is 11.7. The fourth-order valence-electron chi connectivity index (χ4n) is 2.22. The summed E-state index contributed by atoms with van der Waals surface area (Å²) in [6.07, 6.45) is 0.459. The second-order valence-corrected chi connectivity index (χ2v) is 4.48. The van der Waals surface area contributed by atoms with Crippen molar-refractivity contribution in [3.05, 3.63) is 60.4 Å². The van der Waals surface area contributed by atoms with Gasteiger partial charge in [0.1, 0.15) is 5.58 Å². The third-order valence-electron chi connectivity index (χ3n) is 3.22. The number of Topliss-reactive ketones (excluding diaryl/α,β-unsaturated/α-hetero) is 1. The summed E-state index contributed by atoms with van der Waals surface area (Å²) in [5, 5.41) is 0.971. The molecule has 0 atom stereocenters. The third-order valence-corrected chi connectivity index (χ3v) is 3.22. The summed E-state index contributed by atoms with van der Waals surface area (Å²) in [6, 6.07) is 17.9. The van der Waals surface area contributed by atoms with Gasteiger partial charge in [0.25, 0.3) is 0 Å². The fourth-order valence-corrected chi connectivity index (χ4v) is 2.22. The molecule has 0 saturated carbocycles. The molecule has 0 unspecified atom stereocenters. The molecule has 0 amide bonds. The molecule has 0 saturated heterocycles. The second-order valence-electron chi connectivity index (χ2n) is 4.48. The van der Waals surface area contributed by atoms with E-state index in [0.29, 0.717) is 12.2 Å². The van der Waals surface area contributed by atoms with Crippen LogP contribution in [0.4, 0.5) is 0 Å². The van der Waals surface area contributed by atoms with Gasteiger partial charge in [-0.25, -0.2) is 0 Å². The molecule has 0 fully saturated rings. The summed E-state index contributed by atoms with van der Waals surface area (Å²) < 4.78 is 5.76. The van der Waals surface area contributed by atoms with Crippen LogP contribution in [-0.2, 0) is 0 Å². The Morgan fingerprint density at radius 1 is 1.05 bits per heavy atom. The first-order valence-electron chi connectivity index (χ1n) is 6.41. The van der Waals surface area contributed by atoms with Crippen LogP contribution < -0.4 is 0 Å². The van der Waals surface area contributed by atoms with Gasteiger partial charge in [0, 0.05) is 17.4 Å². The van der Waals surface area contributed by atoms with Crippen LogP contribution in [0.3, 0.4) is 0 Å². The number of fused-ring (bicyclic) bond motifs is 1. The van der Waals surface area contributed by atoms with Gasteiger partial charge >= 0.3 is 0 Å². The van der Waals surface area contributed by atoms with Gasteiger partial charge in [-0.1, -0.05) is 55.5 Å². The van der Waals surface area contributed by atoms with Gasteiger partial charge in [0.05, 0.1) is 0 Å². The van der Waals surface area contributed by atoms with E-state index in [1.54, 1.807) is 0 Å². The molecule has 2 heteroatoms. The Morgan fingerprint density at radius 3 is 2.58 bits per heavy atom. The molecule has 0 bridgehead atoms. The van der Waals surface area contributed by atoms with Crippen molar-refractivity contribution < 1.29 is 9.21 Å². The Labute approximate surface area is 111 Å². The molecule has 1 aromatic heterocycles. The largest absolute Gasteiger partial charge is 0.452 e. The van der Waals surface area contributed by atoms with Crippen LogP contribution in [0.25, 0.3) is 22.1 Å². The van der Waals surface area contributed by atoms with Gasteiger partial charge in [-0.05, 0) is 11.6 Å². The number of ketones is 1. The van der Waals surface area contributed by atoms with Crippen molar-refractivity contribution >= 4 is 16.8 Å². The Balaban J connectivity index is 2.21. The zero-order valence-corrected chi connectivity index (χ0v) is 10.7. The summed E-state index contributed by atoms with van der Waals surface area (Å²) >= 11 is 0. The predicted octanol–water partition coefficient (Wildman–Crippen LogP) is 4.69. The Morgan fingerprint density at radius 2 is 1.84 bits per heavy atom. The molecule has 2 aromatic carbocycles. The van der Waals surface area contributed by atoms with E-state index >= 15 is 0 Å². The Kier molecular flexibility index (Phi) is 2.92. The lowest BCUT2D eigenvalue weighted by atomic mass is 10.0. The van der Waals surface area contributed by atoms with Crippen LogP contribution in [0.2, 0.25) is 0 Å². The molecule has 0 spiro atoms. The topological polar surface area (TPSA) is 30.2 Å². The van der Waals surface area contributed by atoms with Crippen molar-refractivity contribution in [2.75, 3.05) is 0 Å². The van der Waals surface area contributed by atoms with E-state index in [2.05, 4.69) is 0 Å². The molecule has 0 radical (unpaired) electrons. The van der Waals surface area contributed by atoms with E-state index in [4.69, 9.17) is 4.42 Å². The van der Waals surface area contributed by atoms with Crippen LogP contribution in [0.5, 0.6) is 0 Å². The van der Waals surface area contributed by atoms with E-state index in [9.17, 15) is 4.79 Å². The maximum Gasteiger partial charge on any atom is 0.197 e. The summed E-state index contributed by atoms with van der Waals surface area (Å²) in [4.78, 5) is 11.7. The first-order chi connectivity index (χ1) is 9.29. The molecule has 2 nitrogen and oxygen atoms in total. The molecular weight excluding hydrogens is 236 g/mol. The molecule has 3 rings (SSSR count). The lowest BCUT2D eigenvalue weighted by Crippen LogP contribution is -1.92. The molecule has 19 heavy (non-hydrogen) atoms. The highest BCUT2D eigenvalue weighted by Gasteiger charge is 2.13. The normalized spacial score (nSPS) is 10.8. The van der Waals surface area contributed by atoms with Crippen LogP contribution in [-0.4, -0.2) is 5.78 Å². The first-order valence-corrected chi connectivity index (χ1v) is 6.41. The van der Waals surface area contributed by atoms with Crippen LogP contribution in [0, 0.1) is 0 Å². The van der Waals surface area contributed by atoms with Crippen molar-refractivity contribution in [2.45, 2.75) is 13.3 Å². The molecule has 0 aliphatic heterocycles. The van der Waals surface area contributed by atoms with Gasteiger partial charge in [-0.2, -0.15) is 0 Å². The van der Waals surface area contributed by atoms with E-state index < -0.39 is 0 Å². The van der Waals surface area contributed by atoms with Gasteiger partial charge in [-0.3, -0.25) is 4.79 Å². The zero-order chi connectivity index (χ0) is 13.2. The summed E-state index contributed by atoms with van der Waals surface area (Å²) in [5.41, 5.74) is 2.90. The summed E-state index contributed by atoms with van der Waals surface area (Å²) in [7, 11) is 0. The van der Waals surface area contributed by atoms with Gasteiger partial charge in [-0.15, -0.1) is 0 Å². The van der Waals surface area contributed by atoms with Gasteiger partial charge in [0.15, 0.2) is 11.5 Å². The van der Waals surface area contributed by atoms with E-state index in [1.165, 1.54) is 0 Å². The van der Waals surface area contributed by atoms with E-state index in [0.717, 1.165) is 22.1 Å². The average molecular weight is 250 g/mol. The molecule has 0 aliphatic rings. The number of benzene rings is 2. The quantitative estimate of drug-likeness (QED) is 0.631. The van der Waals surface area contributed by atoms with Crippen molar-refractivity contribution in [1.29, 1.82) is 0 Å². The van der Waals surface area contributed by atoms with Crippen LogP contribution >= 0.6 is 0 Å². The van der Waals surface area contributed by atoms with Crippen LogP contribution in [0.1, 0.15) is 23.9 Å². The number of hydrogen-bond donors (Lipinski definition) is 0. The fraction of sp³-hybridized carbons (Fsp3) is 0.118. The van der Waals surface area contributed by atoms with Crippen molar-refractivity contribution in [3.63, 3.8) is 0 Å². The second kappa shape index (κ2) is 4.73. The number of carbonyl (C=O) groups is 1. The van der Waals surface area contributed by atoms with Crippen molar-refractivity contribution in [3.8, 4) is 11.1 Å². The number of hydrogen-bond acceptors (Lipinski definition) is 2. The Bertz CT molecular complexity index is 723. The SMILES string of the molecule is CCC(=O)c1cc2cccc(-c3ccccc3)c2o1. The molecular formula is C17H14O2. The lowest BCUT2D eigenvalue weighted by Gasteiger charge is -2.01. The van der Waals surface area contributed by atoms with Crippen molar-refractivity contribution in [2.24, 2.45) is 0 Å². The molecule has 0 N–H and O–H groups in total. The van der Waals surface area contributed by atoms with Crippen molar-refractivity contribution in [1.82, 2.24) is 0 Å². The first kappa shape index (κ1) is 11.7. The predicted molar refractivity (Wildman–Crippen MR) is 76.3 cm³/mol. The van der Waals surface area contributed by atoms with Gasteiger partial charge < -0.3 is 4.42 Å². The highest BCUT2D eigenvalue weighted by atomic mass is 16.3. The highest BCUT2D eigenvalue weighted by molar-refractivity contribution is 6.00. The number of rotatable bonds is 3. The minimum absolute atomic E-state index is 0.0372. The number of para-hydroxylation sites is 1. The minimum atomic E-state index is 0.0372. The summed E-state index contributed by atoms with van der Waals surface area (Å²) in [6.45, 7) is 1.84. The van der Waals surface area contributed by atoms with E-state index in [-0.39, 0.29) is 5.78 Å². The monoisotopic (exact) mass is 250 g/mol.